The molecule has 1 heterocycles. The van der Waals surface area contributed by atoms with Crippen molar-refractivity contribution < 1.29 is 14.7 Å². The molecule has 2 aliphatic carbocycles. The fraction of sp³-hybridized carbons (Fsp3) is 0.652. The predicted molar refractivity (Wildman–Crippen MR) is 111 cm³/mol. The highest BCUT2D eigenvalue weighted by Gasteiger charge is 2.38. The molecule has 0 bridgehead atoms. The largest absolute Gasteiger partial charge is 0.395 e. The maximum atomic E-state index is 12.8. The summed E-state index contributed by atoms with van der Waals surface area (Å²) >= 11 is 0. The van der Waals surface area contributed by atoms with Crippen molar-refractivity contribution in [1.29, 1.82) is 0 Å². The van der Waals surface area contributed by atoms with Gasteiger partial charge in [-0.25, -0.2) is 0 Å². The number of aliphatic hydroxyl groups is 1. The summed E-state index contributed by atoms with van der Waals surface area (Å²) in [6.07, 6.45) is 6.73. The number of likely N-dealkylation sites (tertiary alicyclic amines) is 1. The van der Waals surface area contributed by atoms with Gasteiger partial charge in [-0.15, -0.1) is 0 Å². The average Bonchev–Trinajstić information content (AvgIpc) is 3.31. The highest BCUT2D eigenvalue weighted by atomic mass is 16.3. The van der Waals surface area contributed by atoms with Gasteiger partial charge in [0.05, 0.1) is 6.61 Å². The van der Waals surface area contributed by atoms with E-state index in [2.05, 4.69) is 27.7 Å². The summed E-state index contributed by atoms with van der Waals surface area (Å²) < 4.78 is 0. The molecule has 3 aliphatic rings. The Morgan fingerprint density at radius 1 is 1.00 bits per heavy atom. The first kappa shape index (κ1) is 20.4. The van der Waals surface area contributed by atoms with E-state index < -0.39 is 0 Å². The molecular weight excluding hydrogens is 366 g/mol. The second kappa shape index (κ2) is 9.26. The van der Waals surface area contributed by atoms with Crippen molar-refractivity contribution in [2.75, 3.05) is 26.2 Å². The van der Waals surface area contributed by atoms with E-state index in [4.69, 9.17) is 5.11 Å². The number of carbonyl (C=O) groups is 2. The lowest BCUT2D eigenvalue weighted by atomic mass is 10.1. The molecule has 1 aromatic rings. The van der Waals surface area contributed by atoms with Crippen molar-refractivity contribution in [2.45, 2.75) is 57.0 Å². The van der Waals surface area contributed by atoms with Crippen molar-refractivity contribution in [1.82, 2.24) is 15.5 Å². The Hall–Kier alpha value is -1.92. The third-order valence-electron chi connectivity index (χ3n) is 6.73. The van der Waals surface area contributed by atoms with Crippen LogP contribution in [0, 0.1) is 11.8 Å². The number of benzene rings is 1. The molecule has 4 rings (SSSR count). The van der Waals surface area contributed by atoms with Crippen LogP contribution in [0.15, 0.2) is 24.3 Å². The molecule has 0 spiro atoms. The molecule has 2 atom stereocenters. The van der Waals surface area contributed by atoms with Crippen LogP contribution in [0.5, 0.6) is 0 Å². The second-order valence-electron chi connectivity index (χ2n) is 8.92. The normalized spacial score (nSPS) is 24.4. The zero-order chi connectivity index (χ0) is 20.2. The fourth-order valence-corrected chi connectivity index (χ4v) is 4.94. The van der Waals surface area contributed by atoms with Crippen LogP contribution in [0.1, 0.15) is 43.2 Å². The lowest BCUT2D eigenvalue weighted by Crippen LogP contribution is -2.46. The minimum absolute atomic E-state index is 0.0123. The summed E-state index contributed by atoms with van der Waals surface area (Å²) in [4.78, 5) is 27.4. The third-order valence-corrected chi connectivity index (χ3v) is 6.73. The van der Waals surface area contributed by atoms with Crippen LogP contribution < -0.4 is 10.6 Å². The number of amides is 2. The number of fused-ring (bicyclic) bond motifs is 1. The molecule has 29 heavy (non-hydrogen) atoms. The van der Waals surface area contributed by atoms with E-state index in [9.17, 15) is 9.59 Å². The number of rotatable bonds is 9. The molecule has 6 heteroatoms. The minimum atomic E-state index is -0.0259. The van der Waals surface area contributed by atoms with Crippen LogP contribution in [0.3, 0.4) is 0 Å². The maximum absolute atomic E-state index is 12.8. The van der Waals surface area contributed by atoms with E-state index in [0.29, 0.717) is 25.6 Å². The van der Waals surface area contributed by atoms with E-state index in [1.165, 1.54) is 24.0 Å². The molecule has 2 fully saturated rings. The Morgan fingerprint density at radius 2 is 1.69 bits per heavy atom. The maximum Gasteiger partial charge on any atom is 0.223 e. The molecule has 158 valence electrons. The van der Waals surface area contributed by atoms with E-state index in [1.54, 1.807) is 0 Å². The first-order chi connectivity index (χ1) is 14.1. The van der Waals surface area contributed by atoms with Gasteiger partial charge in [0.1, 0.15) is 0 Å². The lowest BCUT2D eigenvalue weighted by Gasteiger charge is -2.30. The van der Waals surface area contributed by atoms with Crippen molar-refractivity contribution in [3.8, 4) is 0 Å². The predicted octanol–water partition coefficient (Wildman–Crippen LogP) is 1.26. The van der Waals surface area contributed by atoms with Crippen LogP contribution in [0.25, 0.3) is 0 Å². The topological polar surface area (TPSA) is 81.7 Å². The second-order valence-corrected chi connectivity index (χ2v) is 8.92. The van der Waals surface area contributed by atoms with Gasteiger partial charge in [0.2, 0.25) is 11.8 Å². The Kier molecular flexibility index (Phi) is 6.50. The van der Waals surface area contributed by atoms with E-state index in [1.807, 2.05) is 12.1 Å². The summed E-state index contributed by atoms with van der Waals surface area (Å²) in [6.45, 7) is 2.00. The zero-order valence-electron chi connectivity index (χ0n) is 17.1. The van der Waals surface area contributed by atoms with Gasteiger partial charge in [0.15, 0.2) is 0 Å². The summed E-state index contributed by atoms with van der Waals surface area (Å²) in [5.74, 6) is 0.972. The Labute approximate surface area is 173 Å². The first-order valence-corrected chi connectivity index (χ1v) is 11.1. The summed E-state index contributed by atoms with van der Waals surface area (Å²) in [5.41, 5.74) is 2.61. The zero-order valence-corrected chi connectivity index (χ0v) is 17.1. The van der Waals surface area contributed by atoms with Gasteiger partial charge in [-0.1, -0.05) is 24.3 Å². The van der Waals surface area contributed by atoms with Gasteiger partial charge < -0.3 is 15.7 Å². The molecule has 1 saturated heterocycles. The van der Waals surface area contributed by atoms with Crippen LogP contribution >= 0.6 is 0 Å². The molecule has 1 saturated carbocycles. The van der Waals surface area contributed by atoms with E-state index in [-0.39, 0.29) is 30.4 Å². The number of hydrogen-bond donors (Lipinski definition) is 3. The monoisotopic (exact) mass is 399 g/mol. The number of aliphatic hydroxyl groups excluding tert-OH is 1. The minimum Gasteiger partial charge on any atom is -0.395 e. The van der Waals surface area contributed by atoms with Gasteiger partial charge in [0.25, 0.3) is 0 Å². The van der Waals surface area contributed by atoms with E-state index >= 15 is 0 Å². The molecule has 0 unspecified atom stereocenters. The Morgan fingerprint density at radius 3 is 2.34 bits per heavy atom. The van der Waals surface area contributed by atoms with Crippen LogP contribution in [-0.4, -0.2) is 60.1 Å². The van der Waals surface area contributed by atoms with Gasteiger partial charge in [-0.3, -0.25) is 14.5 Å². The quantitative estimate of drug-likeness (QED) is 0.584. The van der Waals surface area contributed by atoms with Crippen LogP contribution in [0.2, 0.25) is 0 Å². The first-order valence-electron chi connectivity index (χ1n) is 11.1. The highest BCUT2D eigenvalue weighted by molar-refractivity contribution is 5.80. The SMILES string of the molecule is O=C(C[C@H]1CC[C@@H](CNC(=O)C2Cc3ccccc3C2)N1CC1CC1)NCCO. The standard InChI is InChI=1S/C23H33N3O3/c27-10-9-24-22(28)13-20-7-8-21(26(20)15-16-5-6-16)14-25-23(29)19-11-17-3-1-2-4-18(17)12-19/h1-4,16,19-21,27H,5-15H2,(H,24,28)(H,25,29)/t20-,21+/m1/s1. The van der Waals surface area contributed by atoms with Gasteiger partial charge >= 0.3 is 0 Å². The number of hydrogen-bond acceptors (Lipinski definition) is 4. The van der Waals surface area contributed by atoms with Crippen molar-refractivity contribution in [2.24, 2.45) is 11.8 Å². The van der Waals surface area contributed by atoms with E-state index in [0.717, 1.165) is 38.1 Å². The summed E-state index contributed by atoms with van der Waals surface area (Å²) in [6, 6.07) is 8.91. The summed E-state index contributed by atoms with van der Waals surface area (Å²) in [7, 11) is 0. The molecule has 3 N–H and O–H groups in total. The van der Waals surface area contributed by atoms with Gasteiger partial charge in [-0.05, 0) is 55.6 Å². The van der Waals surface area contributed by atoms with Crippen LogP contribution in [-0.2, 0) is 22.4 Å². The van der Waals surface area contributed by atoms with Gasteiger partial charge in [0, 0.05) is 44.1 Å². The van der Waals surface area contributed by atoms with Crippen molar-refractivity contribution in [3.63, 3.8) is 0 Å². The molecular formula is C23H33N3O3. The molecule has 0 aromatic heterocycles. The molecule has 1 aromatic carbocycles. The Bertz CT molecular complexity index is 709. The van der Waals surface area contributed by atoms with Crippen LogP contribution in [0.4, 0.5) is 0 Å². The fourth-order valence-electron chi connectivity index (χ4n) is 4.94. The highest BCUT2D eigenvalue weighted by Crippen LogP contribution is 2.35. The van der Waals surface area contributed by atoms with Crippen molar-refractivity contribution in [3.05, 3.63) is 35.4 Å². The molecule has 2 amide bonds. The number of nitrogens with zero attached hydrogens (tertiary/aromatic N) is 1. The third kappa shape index (κ3) is 5.17. The summed E-state index contributed by atoms with van der Waals surface area (Å²) in [5, 5.41) is 14.9. The number of nitrogens with one attached hydrogen (secondary N) is 2. The Balaban J connectivity index is 1.29. The lowest BCUT2D eigenvalue weighted by molar-refractivity contribution is -0.125. The molecule has 0 radical (unpaired) electrons. The average molecular weight is 400 g/mol. The van der Waals surface area contributed by atoms with Gasteiger partial charge in [-0.2, -0.15) is 0 Å². The molecule has 6 nitrogen and oxygen atoms in total. The number of carbonyl (C=O) groups excluding carboxylic acids is 2. The van der Waals surface area contributed by atoms with Crippen molar-refractivity contribution >= 4 is 11.8 Å². The smallest absolute Gasteiger partial charge is 0.223 e. The molecule has 1 aliphatic heterocycles.